The molecule has 0 aliphatic heterocycles. The summed E-state index contributed by atoms with van der Waals surface area (Å²) in [6.45, 7) is 4.91. The van der Waals surface area contributed by atoms with E-state index in [9.17, 15) is 0 Å². The largest absolute Gasteiger partial charge is 0.355 e. The molecular formula is C11H18N4S. The third-order valence-corrected chi connectivity index (χ3v) is 3.88. The van der Waals surface area contributed by atoms with Gasteiger partial charge in [-0.3, -0.25) is 4.40 Å². The summed E-state index contributed by atoms with van der Waals surface area (Å²) in [6, 6.07) is 0.481. The maximum atomic E-state index is 5.82. The Morgan fingerprint density at radius 2 is 2.38 bits per heavy atom. The molecule has 1 atom stereocenters. The zero-order valence-electron chi connectivity index (χ0n) is 9.97. The molecule has 0 aliphatic rings. The summed E-state index contributed by atoms with van der Waals surface area (Å²) >= 11 is 1.64. The van der Waals surface area contributed by atoms with Crippen LogP contribution in [0, 0.1) is 0 Å². The van der Waals surface area contributed by atoms with Crippen LogP contribution in [0.25, 0.3) is 4.96 Å². The van der Waals surface area contributed by atoms with Crippen molar-refractivity contribution in [1.29, 1.82) is 0 Å². The fraction of sp³-hybridized carbons (Fsp3) is 0.545. The molecule has 0 aromatic carbocycles. The van der Waals surface area contributed by atoms with Gasteiger partial charge in [0.25, 0.3) is 0 Å². The zero-order valence-corrected chi connectivity index (χ0v) is 10.8. The minimum absolute atomic E-state index is 0.481. The minimum Gasteiger partial charge on any atom is -0.355 e. The van der Waals surface area contributed by atoms with Gasteiger partial charge < -0.3 is 10.6 Å². The van der Waals surface area contributed by atoms with Gasteiger partial charge in [-0.1, -0.05) is 6.92 Å². The molecule has 0 aliphatic carbocycles. The first-order valence-electron chi connectivity index (χ1n) is 5.56. The number of nitrogens with zero attached hydrogens (tertiary/aromatic N) is 3. The molecule has 2 N–H and O–H groups in total. The molecule has 0 radical (unpaired) electrons. The molecule has 1 unspecified atom stereocenters. The summed E-state index contributed by atoms with van der Waals surface area (Å²) in [6.07, 6.45) is 3.13. The van der Waals surface area contributed by atoms with E-state index in [1.54, 1.807) is 11.3 Å². The maximum absolute atomic E-state index is 5.82. The Hall–Kier alpha value is -1.07. The number of hydrogen-bond donors (Lipinski definition) is 1. The summed E-state index contributed by atoms with van der Waals surface area (Å²) in [5.41, 5.74) is 6.91. The van der Waals surface area contributed by atoms with E-state index >= 15 is 0 Å². The quantitative estimate of drug-likeness (QED) is 0.887. The smallest absolute Gasteiger partial charge is 0.195 e. The van der Waals surface area contributed by atoms with Gasteiger partial charge in [0, 0.05) is 31.2 Å². The Bertz CT molecular complexity index is 473. The van der Waals surface area contributed by atoms with Crippen LogP contribution in [0.4, 0.5) is 5.82 Å². The van der Waals surface area contributed by atoms with Crippen molar-refractivity contribution in [3.8, 4) is 0 Å². The highest BCUT2D eigenvalue weighted by Crippen LogP contribution is 2.25. The van der Waals surface area contributed by atoms with E-state index in [0.29, 0.717) is 12.6 Å². The van der Waals surface area contributed by atoms with Crippen molar-refractivity contribution in [2.75, 3.05) is 11.9 Å². The van der Waals surface area contributed by atoms with Gasteiger partial charge in [0.05, 0.1) is 5.69 Å². The van der Waals surface area contributed by atoms with Crippen LogP contribution in [-0.2, 0) is 6.54 Å². The van der Waals surface area contributed by atoms with E-state index in [4.69, 9.17) is 5.73 Å². The summed E-state index contributed by atoms with van der Waals surface area (Å²) < 4.78 is 2.08. The van der Waals surface area contributed by atoms with E-state index in [0.717, 1.165) is 22.9 Å². The lowest BCUT2D eigenvalue weighted by Crippen LogP contribution is -2.29. The van der Waals surface area contributed by atoms with Gasteiger partial charge in [0.2, 0.25) is 0 Å². The lowest BCUT2D eigenvalue weighted by molar-refractivity contribution is 0.655. The van der Waals surface area contributed by atoms with Crippen molar-refractivity contribution in [2.45, 2.75) is 32.9 Å². The Balaban J connectivity index is 2.46. The van der Waals surface area contributed by atoms with Gasteiger partial charge in [-0.15, -0.1) is 11.3 Å². The second-order valence-corrected chi connectivity index (χ2v) is 4.88. The van der Waals surface area contributed by atoms with E-state index in [-0.39, 0.29) is 0 Å². The SMILES string of the molecule is CCC(C)N(C)c1nc2sccn2c1CN. The van der Waals surface area contributed by atoms with Gasteiger partial charge in [-0.2, -0.15) is 0 Å². The molecule has 88 valence electrons. The number of rotatable bonds is 4. The molecular weight excluding hydrogens is 220 g/mol. The fourth-order valence-corrected chi connectivity index (χ4v) is 2.50. The number of anilines is 1. The normalized spacial score (nSPS) is 13.2. The Morgan fingerprint density at radius 1 is 1.62 bits per heavy atom. The average molecular weight is 238 g/mol. The highest BCUT2D eigenvalue weighted by molar-refractivity contribution is 7.15. The van der Waals surface area contributed by atoms with Crippen molar-refractivity contribution in [1.82, 2.24) is 9.38 Å². The van der Waals surface area contributed by atoms with Crippen LogP contribution in [0.3, 0.4) is 0 Å². The van der Waals surface area contributed by atoms with Crippen LogP contribution in [-0.4, -0.2) is 22.5 Å². The lowest BCUT2D eigenvalue weighted by Gasteiger charge is -2.24. The monoisotopic (exact) mass is 238 g/mol. The number of nitrogens with two attached hydrogens (primary N) is 1. The van der Waals surface area contributed by atoms with Gasteiger partial charge >= 0.3 is 0 Å². The van der Waals surface area contributed by atoms with Crippen molar-refractivity contribution in [3.63, 3.8) is 0 Å². The molecule has 0 fully saturated rings. The number of fused-ring (bicyclic) bond motifs is 1. The number of aromatic nitrogens is 2. The Labute approximate surface area is 99.7 Å². The second kappa shape index (κ2) is 4.43. The van der Waals surface area contributed by atoms with E-state index in [1.165, 1.54) is 0 Å². The molecule has 2 aromatic rings. The lowest BCUT2D eigenvalue weighted by atomic mass is 10.2. The van der Waals surface area contributed by atoms with Crippen molar-refractivity contribution >= 4 is 22.1 Å². The van der Waals surface area contributed by atoms with Crippen molar-refractivity contribution in [2.24, 2.45) is 5.73 Å². The first-order valence-corrected chi connectivity index (χ1v) is 6.44. The van der Waals surface area contributed by atoms with E-state index < -0.39 is 0 Å². The predicted octanol–water partition coefficient (Wildman–Crippen LogP) is 2.09. The summed E-state index contributed by atoms with van der Waals surface area (Å²) in [5, 5.41) is 2.04. The Morgan fingerprint density at radius 3 is 3.00 bits per heavy atom. The molecule has 0 saturated heterocycles. The van der Waals surface area contributed by atoms with E-state index in [1.807, 2.05) is 11.6 Å². The standard InChI is InChI=1S/C11H18N4S/c1-4-8(2)14(3)10-9(7-12)15-5-6-16-11(15)13-10/h5-6,8H,4,7,12H2,1-3H3. The topological polar surface area (TPSA) is 46.6 Å². The molecule has 0 saturated carbocycles. The molecule has 0 spiro atoms. The number of thiazole rings is 1. The van der Waals surface area contributed by atoms with Gasteiger partial charge in [-0.25, -0.2) is 4.98 Å². The van der Waals surface area contributed by atoms with E-state index in [2.05, 4.69) is 35.2 Å². The molecule has 2 rings (SSSR count). The third kappa shape index (κ3) is 1.70. The first-order chi connectivity index (χ1) is 7.69. The minimum atomic E-state index is 0.481. The third-order valence-electron chi connectivity index (χ3n) is 3.12. The average Bonchev–Trinajstić information content (AvgIpc) is 2.86. The van der Waals surface area contributed by atoms with Crippen LogP contribution in [0.2, 0.25) is 0 Å². The second-order valence-electron chi connectivity index (χ2n) is 4.01. The van der Waals surface area contributed by atoms with Gasteiger partial charge in [0.15, 0.2) is 10.8 Å². The van der Waals surface area contributed by atoms with Crippen LogP contribution >= 0.6 is 11.3 Å². The van der Waals surface area contributed by atoms with Crippen LogP contribution in [0.1, 0.15) is 26.0 Å². The van der Waals surface area contributed by atoms with Crippen molar-refractivity contribution in [3.05, 3.63) is 17.3 Å². The van der Waals surface area contributed by atoms with Gasteiger partial charge in [-0.05, 0) is 13.3 Å². The summed E-state index contributed by atoms with van der Waals surface area (Å²) in [4.78, 5) is 7.87. The predicted molar refractivity (Wildman–Crippen MR) is 69.1 cm³/mol. The number of hydrogen-bond acceptors (Lipinski definition) is 4. The molecule has 0 amide bonds. The molecule has 0 bridgehead atoms. The van der Waals surface area contributed by atoms with Crippen LogP contribution < -0.4 is 10.6 Å². The highest BCUT2D eigenvalue weighted by atomic mass is 32.1. The highest BCUT2D eigenvalue weighted by Gasteiger charge is 2.18. The molecule has 4 nitrogen and oxygen atoms in total. The van der Waals surface area contributed by atoms with Crippen LogP contribution in [0.15, 0.2) is 11.6 Å². The van der Waals surface area contributed by atoms with Crippen molar-refractivity contribution < 1.29 is 0 Å². The molecule has 2 aromatic heterocycles. The fourth-order valence-electron chi connectivity index (χ4n) is 1.78. The summed E-state index contributed by atoms with van der Waals surface area (Å²) in [7, 11) is 2.08. The molecule has 16 heavy (non-hydrogen) atoms. The Kier molecular flexibility index (Phi) is 3.16. The summed E-state index contributed by atoms with van der Waals surface area (Å²) in [5.74, 6) is 1.02. The maximum Gasteiger partial charge on any atom is 0.195 e. The first kappa shape index (κ1) is 11.4. The molecule has 2 heterocycles. The number of imidazole rings is 1. The van der Waals surface area contributed by atoms with Crippen LogP contribution in [0.5, 0.6) is 0 Å². The van der Waals surface area contributed by atoms with Gasteiger partial charge in [0.1, 0.15) is 0 Å². The molecule has 5 heteroatoms. The zero-order chi connectivity index (χ0) is 11.7.